The van der Waals surface area contributed by atoms with Gasteiger partial charge in [-0.1, -0.05) is 17.7 Å². The highest BCUT2D eigenvalue weighted by Gasteiger charge is 2.32. The van der Waals surface area contributed by atoms with Gasteiger partial charge in [0.15, 0.2) is 5.11 Å². The second-order valence-corrected chi connectivity index (χ2v) is 4.97. The van der Waals surface area contributed by atoms with Crippen LogP contribution in [0.4, 0.5) is 0 Å². The maximum Gasteiger partial charge on any atom is 0.265 e. The zero-order chi connectivity index (χ0) is 15.6. The second kappa shape index (κ2) is 5.88. The molecule has 5 nitrogen and oxygen atoms in total. The molecule has 1 aromatic carbocycles. The second-order valence-electron chi connectivity index (χ2n) is 4.58. The number of thiocarbonyl (C=S) groups is 1. The molecule has 1 aromatic rings. The molecule has 2 N–H and O–H groups in total. The summed E-state index contributed by atoms with van der Waals surface area (Å²) in [6.07, 6.45) is 2.88. The molecule has 0 spiro atoms. The Labute approximate surface area is 127 Å². The molecule has 0 unspecified atom stereocenters. The number of carbonyl (C=O) groups is 2. The van der Waals surface area contributed by atoms with Crippen LogP contribution < -0.4 is 5.32 Å². The number of amides is 2. The average Bonchev–Trinajstić information content (AvgIpc) is 2.43. The zero-order valence-corrected chi connectivity index (χ0v) is 12.2. The summed E-state index contributed by atoms with van der Waals surface area (Å²) in [6.45, 7) is 5.61. The van der Waals surface area contributed by atoms with Gasteiger partial charge >= 0.3 is 0 Å². The van der Waals surface area contributed by atoms with Crippen LogP contribution in [0.25, 0.3) is 6.08 Å². The molecular weight excluding hydrogens is 288 g/mol. The van der Waals surface area contributed by atoms with E-state index in [0.29, 0.717) is 5.56 Å². The lowest BCUT2D eigenvalue weighted by Gasteiger charge is -2.27. The van der Waals surface area contributed by atoms with E-state index in [0.717, 1.165) is 5.56 Å². The number of hydrogen-bond donors (Lipinski definition) is 2. The minimum Gasteiger partial charge on any atom is -0.507 e. The van der Waals surface area contributed by atoms with Crippen LogP contribution in [0.2, 0.25) is 0 Å². The molecule has 0 aromatic heterocycles. The molecule has 21 heavy (non-hydrogen) atoms. The molecule has 108 valence electrons. The summed E-state index contributed by atoms with van der Waals surface area (Å²) in [5.41, 5.74) is 1.23. The summed E-state index contributed by atoms with van der Waals surface area (Å²) in [7, 11) is 0. The van der Waals surface area contributed by atoms with E-state index < -0.39 is 11.8 Å². The van der Waals surface area contributed by atoms with E-state index in [4.69, 9.17) is 12.2 Å². The van der Waals surface area contributed by atoms with Crippen LogP contribution in [0.1, 0.15) is 11.1 Å². The number of carbonyl (C=O) groups excluding carboxylic acids is 2. The van der Waals surface area contributed by atoms with Gasteiger partial charge in [-0.05, 0) is 37.4 Å². The van der Waals surface area contributed by atoms with Crippen molar-refractivity contribution in [2.45, 2.75) is 6.92 Å². The predicted molar refractivity (Wildman–Crippen MR) is 83.5 cm³/mol. The quantitative estimate of drug-likeness (QED) is 0.384. The van der Waals surface area contributed by atoms with Crippen molar-refractivity contribution in [1.82, 2.24) is 10.2 Å². The molecule has 1 aliphatic rings. The first-order valence-corrected chi connectivity index (χ1v) is 6.64. The summed E-state index contributed by atoms with van der Waals surface area (Å²) >= 11 is 4.96. The van der Waals surface area contributed by atoms with Gasteiger partial charge in [0.1, 0.15) is 11.3 Å². The van der Waals surface area contributed by atoms with Gasteiger partial charge in [0.2, 0.25) is 0 Å². The highest BCUT2D eigenvalue weighted by atomic mass is 32.1. The van der Waals surface area contributed by atoms with Crippen molar-refractivity contribution >= 4 is 35.2 Å². The lowest BCUT2D eigenvalue weighted by molar-refractivity contribution is -0.128. The summed E-state index contributed by atoms with van der Waals surface area (Å²) in [6, 6.07) is 4.94. The molecule has 0 radical (unpaired) electrons. The fourth-order valence-corrected chi connectivity index (χ4v) is 2.18. The molecule has 0 aliphatic carbocycles. The largest absolute Gasteiger partial charge is 0.507 e. The van der Waals surface area contributed by atoms with Crippen molar-refractivity contribution in [2.75, 3.05) is 6.54 Å². The van der Waals surface area contributed by atoms with Gasteiger partial charge in [-0.25, -0.2) is 0 Å². The summed E-state index contributed by atoms with van der Waals surface area (Å²) in [5.74, 6) is -1.09. The van der Waals surface area contributed by atoms with Gasteiger partial charge in [-0.3, -0.25) is 19.8 Å². The number of rotatable bonds is 3. The van der Waals surface area contributed by atoms with Gasteiger partial charge in [0.25, 0.3) is 11.8 Å². The molecule has 0 bridgehead atoms. The maximum absolute atomic E-state index is 12.3. The van der Waals surface area contributed by atoms with Gasteiger partial charge in [-0.2, -0.15) is 0 Å². The summed E-state index contributed by atoms with van der Waals surface area (Å²) in [5, 5.41) is 12.3. The Balaban J connectivity index is 2.45. The molecule has 1 fully saturated rings. The van der Waals surface area contributed by atoms with Crippen LogP contribution in [0, 0.1) is 6.92 Å². The van der Waals surface area contributed by atoms with Crippen molar-refractivity contribution in [2.24, 2.45) is 0 Å². The van der Waals surface area contributed by atoms with Crippen molar-refractivity contribution in [3.05, 3.63) is 47.6 Å². The molecule has 0 saturated carbocycles. The Morgan fingerprint density at radius 2 is 2.14 bits per heavy atom. The monoisotopic (exact) mass is 302 g/mol. The number of phenolic OH excluding ortho intramolecular Hbond substituents is 1. The van der Waals surface area contributed by atoms with Crippen LogP contribution in [-0.2, 0) is 9.59 Å². The van der Waals surface area contributed by atoms with Gasteiger partial charge in [-0.15, -0.1) is 6.58 Å². The maximum atomic E-state index is 12.3. The van der Waals surface area contributed by atoms with Gasteiger partial charge < -0.3 is 5.11 Å². The number of nitrogens with zero attached hydrogens (tertiary/aromatic N) is 1. The van der Waals surface area contributed by atoms with Crippen molar-refractivity contribution in [1.29, 1.82) is 0 Å². The number of nitrogens with one attached hydrogen (secondary N) is 1. The SMILES string of the molecule is C=CCN1C(=O)C(=Cc2cc(C)ccc2O)C(=O)NC1=S. The average molecular weight is 302 g/mol. The molecule has 2 rings (SSSR count). The first kappa shape index (κ1) is 14.9. The smallest absolute Gasteiger partial charge is 0.265 e. The highest BCUT2D eigenvalue weighted by molar-refractivity contribution is 7.80. The van der Waals surface area contributed by atoms with E-state index in [-0.39, 0.29) is 23.0 Å². The van der Waals surface area contributed by atoms with Crippen LogP contribution in [0.5, 0.6) is 5.75 Å². The fourth-order valence-electron chi connectivity index (χ4n) is 1.93. The summed E-state index contributed by atoms with van der Waals surface area (Å²) < 4.78 is 0. The Hall–Kier alpha value is -2.47. The third-order valence-electron chi connectivity index (χ3n) is 2.98. The Morgan fingerprint density at radius 3 is 2.81 bits per heavy atom. The lowest BCUT2D eigenvalue weighted by Crippen LogP contribution is -2.53. The normalized spacial score (nSPS) is 17.1. The lowest BCUT2D eigenvalue weighted by atomic mass is 10.0. The zero-order valence-electron chi connectivity index (χ0n) is 11.4. The predicted octanol–water partition coefficient (Wildman–Crippen LogP) is 1.51. The Morgan fingerprint density at radius 1 is 1.43 bits per heavy atom. The standard InChI is InChI=1S/C15H14N2O3S/c1-3-6-17-14(20)11(13(19)16-15(17)21)8-10-7-9(2)4-5-12(10)18/h3-5,7-8,18H,1,6H2,2H3,(H,16,19,21). The van der Waals surface area contributed by atoms with Crippen molar-refractivity contribution in [3.63, 3.8) is 0 Å². The Kier molecular flexibility index (Phi) is 4.18. The highest BCUT2D eigenvalue weighted by Crippen LogP contribution is 2.23. The van der Waals surface area contributed by atoms with Crippen LogP contribution in [0.3, 0.4) is 0 Å². The molecule has 2 amide bonds. The topological polar surface area (TPSA) is 69.6 Å². The number of aryl methyl sites for hydroxylation is 1. The van der Waals surface area contributed by atoms with E-state index in [1.807, 2.05) is 6.92 Å². The summed E-state index contributed by atoms with van der Waals surface area (Å²) in [4.78, 5) is 25.5. The minimum absolute atomic E-state index is 0.00267. The van der Waals surface area contributed by atoms with Crippen LogP contribution in [-0.4, -0.2) is 33.5 Å². The number of phenols is 1. The van der Waals surface area contributed by atoms with Gasteiger partial charge in [0, 0.05) is 12.1 Å². The number of aromatic hydroxyl groups is 1. The van der Waals surface area contributed by atoms with E-state index in [2.05, 4.69) is 11.9 Å². The third-order valence-corrected chi connectivity index (χ3v) is 3.30. The molecule has 1 aliphatic heterocycles. The van der Waals surface area contributed by atoms with Crippen molar-refractivity contribution < 1.29 is 14.7 Å². The number of benzene rings is 1. The Bertz CT molecular complexity index is 679. The molecule has 1 heterocycles. The van der Waals surface area contributed by atoms with Crippen LogP contribution >= 0.6 is 12.2 Å². The molecule has 0 atom stereocenters. The first-order chi connectivity index (χ1) is 9.93. The first-order valence-electron chi connectivity index (χ1n) is 6.23. The van der Waals surface area contributed by atoms with E-state index in [1.54, 1.807) is 12.1 Å². The van der Waals surface area contributed by atoms with E-state index in [1.165, 1.54) is 23.1 Å². The minimum atomic E-state index is -0.578. The molecule has 6 heteroatoms. The molecular formula is C15H14N2O3S. The third kappa shape index (κ3) is 3.00. The fraction of sp³-hybridized carbons (Fsp3) is 0.133. The van der Waals surface area contributed by atoms with Gasteiger partial charge in [0.05, 0.1) is 0 Å². The van der Waals surface area contributed by atoms with E-state index >= 15 is 0 Å². The molecule has 1 saturated heterocycles. The van der Waals surface area contributed by atoms with E-state index in [9.17, 15) is 14.7 Å². The van der Waals surface area contributed by atoms with Crippen molar-refractivity contribution in [3.8, 4) is 5.75 Å². The number of hydrogen-bond acceptors (Lipinski definition) is 4. The van der Waals surface area contributed by atoms with Crippen LogP contribution in [0.15, 0.2) is 36.4 Å².